The van der Waals surface area contributed by atoms with Crippen LogP contribution < -0.4 is 5.32 Å². The molecule has 4 nitrogen and oxygen atoms in total. The summed E-state index contributed by atoms with van der Waals surface area (Å²) in [6, 6.07) is 0. The Morgan fingerprint density at radius 2 is 1.88 bits per heavy atom. The minimum Gasteiger partial charge on any atom is -0.341 e. The zero-order valence-corrected chi connectivity index (χ0v) is 10.2. The molecule has 4 heteroatoms. The maximum atomic E-state index is 12.3. The molecular formula is C12H23N3O. The van der Waals surface area contributed by atoms with Gasteiger partial charge in [-0.15, -0.1) is 0 Å². The highest BCUT2D eigenvalue weighted by Gasteiger charge is 2.26. The molecule has 0 spiro atoms. The standard InChI is InChI=1S/C12H23N3O/c1-14-7-2-8-15(10-9-14)12(16)11-3-5-13-6-4-11/h11,13H,2-10H2,1H3. The lowest BCUT2D eigenvalue weighted by atomic mass is 9.96. The van der Waals surface area contributed by atoms with Gasteiger partial charge in [0.05, 0.1) is 0 Å². The molecule has 2 fully saturated rings. The summed E-state index contributed by atoms with van der Waals surface area (Å²) in [6.07, 6.45) is 3.16. The van der Waals surface area contributed by atoms with Gasteiger partial charge in [0.1, 0.15) is 0 Å². The molecule has 0 aliphatic carbocycles. The second-order valence-corrected chi connectivity index (χ2v) is 5.01. The fourth-order valence-electron chi connectivity index (χ4n) is 2.59. The number of carbonyl (C=O) groups excluding carboxylic acids is 1. The smallest absolute Gasteiger partial charge is 0.225 e. The Labute approximate surface area is 98.0 Å². The first-order chi connectivity index (χ1) is 7.77. The highest BCUT2D eigenvalue weighted by atomic mass is 16.2. The van der Waals surface area contributed by atoms with E-state index in [-0.39, 0.29) is 5.92 Å². The zero-order chi connectivity index (χ0) is 11.4. The van der Waals surface area contributed by atoms with Crippen molar-refractivity contribution in [3.05, 3.63) is 0 Å². The Balaban J connectivity index is 1.87. The summed E-state index contributed by atoms with van der Waals surface area (Å²) in [6.45, 7) is 6.02. The summed E-state index contributed by atoms with van der Waals surface area (Å²) in [7, 11) is 2.14. The highest BCUT2D eigenvalue weighted by Crippen LogP contribution is 2.16. The van der Waals surface area contributed by atoms with E-state index in [1.807, 2.05) is 0 Å². The molecule has 2 aliphatic heterocycles. The fraction of sp³-hybridized carbons (Fsp3) is 0.917. The van der Waals surface area contributed by atoms with E-state index in [2.05, 4.69) is 22.2 Å². The molecule has 0 unspecified atom stereocenters. The topological polar surface area (TPSA) is 35.6 Å². The average molecular weight is 225 g/mol. The monoisotopic (exact) mass is 225 g/mol. The maximum absolute atomic E-state index is 12.3. The number of rotatable bonds is 1. The molecule has 2 rings (SSSR count). The van der Waals surface area contributed by atoms with Crippen molar-refractivity contribution in [2.75, 3.05) is 46.3 Å². The van der Waals surface area contributed by atoms with Gasteiger partial charge in [0.25, 0.3) is 0 Å². The molecule has 1 N–H and O–H groups in total. The second kappa shape index (κ2) is 5.64. The largest absolute Gasteiger partial charge is 0.341 e. The predicted octanol–water partition coefficient (Wildman–Crippen LogP) is 0.150. The lowest BCUT2D eigenvalue weighted by Gasteiger charge is -2.28. The van der Waals surface area contributed by atoms with Crippen LogP contribution in [-0.4, -0.2) is 62.0 Å². The summed E-state index contributed by atoms with van der Waals surface area (Å²) >= 11 is 0. The van der Waals surface area contributed by atoms with Crippen LogP contribution in [0.15, 0.2) is 0 Å². The van der Waals surface area contributed by atoms with E-state index in [9.17, 15) is 4.79 Å². The highest BCUT2D eigenvalue weighted by molar-refractivity contribution is 5.79. The molecule has 92 valence electrons. The van der Waals surface area contributed by atoms with Crippen LogP contribution in [0.5, 0.6) is 0 Å². The van der Waals surface area contributed by atoms with E-state index in [1.54, 1.807) is 0 Å². The van der Waals surface area contributed by atoms with Crippen LogP contribution in [0.3, 0.4) is 0 Å². The minimum atomic E-state index is 0.282. The van der Waals surface area contributed by atoms with Gasteiger partial charge in [-0.05, 0) is 45.9 Å². The molecule has 2 heterocycles. The van der Waals surface area contributed by atoms with Crippen LogP contribution in [0.2, 0.25) is 0 Å². The number of nitrogens with zero attached hydrogens (tertiary/aromatic N) is 2. The molecule has 16 heavy (non-hydrogen) atoms. The Hall–Kier alpha value is -0.610. The number of carbonyl (C=O) groups is 1. The van der Waals surface area contributed by atoms with Gasteiger partial charge in [-0.1, -0.05) is 0 Å². The van der Waals surface area contributed by atoms with Crippen molar-refractivity contribution in [2.24, 2.45) is 5.92 Å². The van der Waals surface area contributed by atoms with Crippen molar-refractivity contribution < 1.29 is 4.79 Å². The lowest BCUT2D eigenvalue weighted by molar-refractivity contribution is -0.136. The van der Waals surface area contributed by atoms with Crippen LogP contribution in [0.4, 0.5) is 0 Å². The molecule has 0 aromatic carbocycles. The first kappa shape index (κ1) is 11.9. The van der Waals surface area contributed by atoms with E-state index in [1.165, 1.54) is 0 Å². The van der Waals surface area contributed by atoms with Gasteiger partial charge in [0.2, 0.25) is 5.91 Å². The number of hydrogen-bond donors (Lipinski definition) is 1. The van der Waals surface area contributed by atoms with Crippen molar-refractivity contribution >= 4 is 5.91 Å². The summed E-state index contributed by atoms with van der Waals surface area (Å²) < 4.78 is 0. The van der Waals surface area contributed by atoms with E-state index >= 15 is 0 Å². The predicted molar refractivity (Wildman–Crippen MR) is 64.3 cm³/mol. The summed E-state index contributed by atoms with van der Waals surface area (Å²) in [5.74, 6) is 0.682. The van der Waals surface area contributed by atoms with Gasteiger partial charge < -0.3 is 15.1 Å². The van der Waals surface area contributed by atoms with Crippen molar-refractivity contribution in [3.8, 4) is 0 Å². The van der Waals surface area contributed by atoms with Gasteiger partial charge in [0, 0.05) is 25.6 Å². The Morgan fingerprint density at radius 1 is 1.12 bits per heavy atom. The van der Waals surface area contributed by atoms with Crippen LogP contribution in [0.25, 0.3) is 0 Å². The van der Waals surface area contributed by atoms with E-state index in [0.29, 0.717) is 5.91 Å². The van der Waals surface area contributed by atoms with Crippen LogP contribution in [-0.2, 0) is 4.79 Å². The van der Waals surface area contributed by atoms with Crippen molar-refractivity contribution in [1.29, 1.82) is 0 Å². The normalized spacial score (nSPS) is 25.4. The van der Waals surface area contributed by atoms with E-state index in [4.69, 9.17) is 0 Å². The summed E-state index contributed by atoms with van der Waals surface area (Å²) in [4.78, 5) is 16.7. The van der Waals surface area contributed by atoms with Crippen LogP contribution >= 0.6 is 0 Å². The van der Waals surface area contributed by atoms with E-state index in [0.717, 1.165) is 58.5 Å². The number of piperidine rings is 1. The summed E-state index contributed by atoms with van der Waals surface area (Å²) in [5.41, 5.74) is 0. The lowest BCUT2D eigenvalue weighted by Crippen LogP contribution is -2.42. The number of amides is 1. The summed E-state index contributed by atoms with van der Waals surface area (Å²) in [5, 5.41) is 3.31. The minimum absolute atomic E-state index is 0.282. The molecule has 2 aliphatic rings. The third kappa shape index (κ3) is 2.95. The fourth-order valence-corrected chi connectivity index (χ4v) is 2.59. The van der Waals surface area contributed by atoms with Gasteiger partial charge in [-0.3, -0.25) is 4.79 Å². The Morgan fingerprint density at radius 3 is 2.62 bits per heavy atom. The Bertz CT molecular complexity index is 238. The molecule has 2 saturated heterocycles. The third-order valence-electron chi connectivity index (χ3n) is 3.72. The molecule has 0 aromatic rings. The molecule has 1 amide bonds. The SMILES string of the molecule is CN1CCCN(C(=O)C2CCNCC2)CC1. The Kier molecular flexibility index (Phi) is 4.18. The zero-order valence-electron chi connectivity index (χ0n) is 10.2. The number of likely N-dealkylation sites (N-methyl/N-ethyl adjacent to an activating group) is 1. The van der Waals surface area contributed by atoms with Crippen LogP contribution in [0, 0.1) is 5.92 Å². The number of nitrogens with one attached hydrogen (secondary N) is 1. The molecule has 0 radical (unpaired) electrons. The van der Waals surface area contributed by atoms with Crippen LogP contribution in [0.1, 0.15) is 19.3 Å². The maximum Gasteiger partial charge on any atom is 0.225 e. The second-order valence-electron chi connectivity index (χ2n) is 5.01. The van der Waals surface area contributed by atoms with Crippen molar-refractivity contribution in [2.45, 2.75) is 19.3 Å². The van der Waals surface area contributed by atoms with Gasteiger partial charge in [0.15, 0.2) is 0 Å². The first-order valence-electron chi connectivity index (χ1n) is 6.45. The van der Waals surface area contributed by atoms with E-state index < -0.39 is 0 Å². The third-order valence-corrected chi connectivity index (χ3v) is 3.72. The molecule has 0 aromatic heterocycles. The van der Waals surface area contributed by atoms with Crippen molar-refractivity contribution in [3.63, 3.8) is 0 Å². The molecule has 0 atom stereocenters. The van der Waals surface area contributed by atoms with Gasteiger partial charge >= 0.3 is 0 Å². The average Bonchev–Trinajstić information content (AvgIpc) is 2.54. The molecule has 0 saturated carbocycles. The van der Waals surface area contributed by atoms with Gasteiger partial charge in [-0.25, -0.2) is 0 Å². The quantitative estimate of drug-likeness (QED) is 0.690. The van der Waals surface area contributed by atoms with Crippen molar-refractivity contribution in [1.82, 2.24) is 15.1 Å². The van der Waals surface area contributed by atoms with Gasteiger partial charge in [-0.2, -0.15) is 0 Å². The first-order valence-corrected chi connectivity index (χ1v) is 6.45. The molecule has 0 bridgehead atoms. The molecular weight excluding hydrogens is 202 g/mol. The number of hydrogen-bond acceptors (Lipinski definition) is 3.